The van der Waals surface area contributed by atoms with E-state index in [4.69, 9.17) is 9.47 Å². The first-order valence-electron chi connectivity index (χ1n) is 5.93. The zero-order chi connectivity index (χ0) is 12.0. The van der Waals surface area contributed by atoms with Crippen molar-refractivity contribution in [2.75, 3.05) is 13.2 Å². The molecule has 0 aromatic heterocycles. The van der Waals surface area contributed by atoms with E-state index in [9.17, 15) is 9.59 Å². The highest BCUT2D eigenvalue weighted by Gasteiger charge is 2.41. The largest absolute Gasteiger partial charge is 0.466 e. The summed E-state index contributed by atoms with van der Waals surface area (Å²) in [7, 11) is 0. The van der Waals surface area contributed by atoms with Crippen LogP contribution in [0, 0.1) is 5.41 Å². The Morgan fingerprint density at radius 3 is 1.69 bits per heavy atom. The van der Waals surface area contributed by atoms with Gasteiger partial charge in [-0.2, -0.15) is 0 Å². The lowest BCUT2D eigenvalue weighted by atomic mass is 9.64. The number of esters is 2. The topological polar surface area (TPSA) is 52.6 Å². The van der Waals surface area contributed by atoms with Crippen LogP contribution in [0.15, 0.2) is 0 Å². The van der Waals surface area contributed by atoms with Crippen LogP contribution in [0.3, 0.4) is 0 Å². The standard InChI is InChI=1S/C12H20O4/c1-3-15-10(13)8-12(6-5-7-12)9-11(14)16-4-2/h3-9H2,1-2H3. The molecule has 0 aromatic carbocycles. The molecular formula is C12H20O4. The molecular weight excluding hydrogens is 208 g/mol. The summed E-state index contributed by atoms with van der Waals surface area (Å²) < 4.78 is 9.85. The molecule has 0 N–H and O–H groups in total. The minimum absolute atomic E-state index is 0.182. The highest BCUT2D eigenvalue weighted by Crippen LogP contribution is 2.47. The minimum atomic E-state index is -0.202. The van der Waals surface area contributed by atoms with E-state index in [0.29, 0.717) is 26.1 Å². The molecule has 1 aliphatic rings. The Morgan fingerprint density at radius 1 is 1.00 bits per heavy atom. The molecule has 92 valence electrons. The first-order valence-corrected chi connectivity index (χ1v) is 5.93. The summed E-state index contributed by atoms with van der Waals surface area (Å²) in [6.45, 7) is 4.37. The third-order valence-electron chi connectivity index (χ3n) is 3.06. The number of carbonyl (C=O) groups is 2. The Hall–Kier alpha value is -1.06. The van der Waals surface area contributed by atoms with Crippen LogP contribution < -0.4 is 0 Å². The van der Waals surface area contributed by atoms with Gasteiger partial charge in [0.2, 0.25) is 0 Å². The monoisotopic (exact) mass is 228 g/mol. The maximum Gasteiger partial charge on any atom is 0.306 e. The van der Waals surface area contributed by atoms with Gasteiger partial charge in [0.05, 0.1) is 26.1 Å². The molecule has 0 aliphatic heterocycles. The fourth-order valence-corrected chi connectivity index (χ4v) is 2.13. The molecule has 0 unspecified atom stereocenters. The molecule has 1 saturated carbocycles. The van der Waals surface area contributed by atoms with Crippen LogP contribution in [-0.4, -0.2) is 25.2 Å². The molecule has 0 amide bonds. The van der Waals surface area contributed by atoms with Gasteiger partial charge in [0, 0.05) is 0 Å². The van der Waals surface area contributed by atoms with Gasteiger partial charge in [-0.25, -0.2) is 0 Å². The second kappa shape index (κ2) is 5.87. The lowest BCUT2D eigenvalue weighted by Gasteiger charge is -2.40. The summed E-state index contributed by atoms with van der Waals surface area (Å²) in [6, 6.07) is 0. The number of carbonyl (C=O) groups excluding carboxylic acids is 2. The van der Waals surface area contributed by atoms with E-state index in [-0.39, 0.29) is 17.4 Å². The predicted molar refractivity (Wildman–Crippen MR) is 58.8 cm³/mol. The average Bonchev–Trinajstić information content (AvgIpc) is 2.15. The molecule has 4 nitrogen and oxygen atoms in total. The summed E-state index contributed by atoms with van der Waals surface area (Å²) in [5, 5.41) is 0. The van der Waals surface area contributed by atoms with Gasteiger partial charge >= 0.3 is 11.9 Å². The van der Waals surface area contributed by atoms with E-state index < -0.39 is 0 Å². The predicted octanol–water partition coefficient (Wildman–Crippen LogP) is 2.06. The number of hydrogen-bond acceptors (Lipinski definition) is 4. The van der Waals surface area contributed by atoms with Gasteiger partial charge in [0.1, 0.15) is 0 Å². The quantitative estimate of drug-likeness (QED) is 0.653. The molecule has 1 rings (SSSR count). The zero-order valence-corrected chi connectivity index (χ0v) is 10.1. The molecule has 16 heavy (non-hydrogen) atoms. The summed E-state index contributed by atoms with van der Waals surface area (Å²) in [6.07, 6.45) is 3.62. The van der Waals surface area contributed by atoms with Gasteiger partial charge < -0.3 is 9.47 Å². The lowest BCUT2D eigenvalue weighted by molar-refractivity contribution is -0.153. The van der Waals surface area contributed by atoms with Crippen molar-refractivity contribution in [3.05, 3.63) is 0 Å². The van der Waals surface area contributed by atoms with E-state index >= 15 is 0 Å². The fraction of sp³-hybridized carbons (Fsp3) is 0.833. The Morgan fingerprint density at radius 2 is 1.44 bits per heavy atom. The number of rotatable bonds is 6. The summed E-state index contributed by atoms with van der Waals surface area (Å²) in [5.41, 5.74) is -0.182. The second-order valence-corrected chi connectivity index (χ2v) is 4.32. The molecule has 1 aliphatic carbocycles. The van der Waals surface area contributed by atoms with Crippen molar-refractivity contribution in [2.24, 2.45) is 5.41 Å². The third kappa shape index (κ3) is 3.51. The van der Waals surface area contributed by atoms with Crippen molar-refractivity contribution >= 4 is 11.9 Å². The van der Waals surface area contributed by atoms with Crippen LogP contribution >= 0.6 is 0 Å². The van der Waals surface area contributed by atoms with E-state index in [2.05, 4.69) is 0 Å². The summed E-state index contributed by atoms with van der Waals surface area (Å²) in [4.78, 5) is 22.8. The molecule has 0 radical (unpaired) electrons. The molecule has 0 aromatic rings. The third-order valence-corrected chi connectivity index (χ3v) is 3.06. The Kier molecular flexibility index (Phi) is 4.77. The van der Waals surface area contributed by atoms with E-state index in [0.717, 1.165) is 19.3 Å². The van der Waals surface area contributed by atoms with Crippen molar-refractivity contribution in [1.82, 2.24) is 0 Å². The minimum Gasteiger partial charge on any atom is -0.466 e. The highest BCUT2D eigenvalue weighted by molar-refractivity contribution is 5.74. The Balaban J connectivity index is 2.44. The summed E-state index contributed by atoms with van der Waals surface area (Å²) >= 11 is 0. The highest BCUT2D eigenvalue weighted by atomic mass is 16.5. The van der Waals surface area contributed by atoms with Crippen molar-refractivity contribution in [3.8, 4) is 0 Å². The fourth-order valence-electron chi connectivity index (χ4n) is 2.13. The van der Waals surface area contributed by atoms with E-state index in [1.54, 1.807) is 13.8 Å². The molecule has 0 bridgehead atoms. The van der Waals surface area contributed by atoms with Crippen LogP contribution in [0.5, 0.6) is 0 Å². The number of hydrogen-bond donors (Lipinski definition) is 0. The molecule has 0 saturated heterocycles. The van der Waals surface area contributed by atoms with Crippen LogP contribution in [0.25, 0.3) is 0 Å². The molecule has 1 fully saturated rings. The lowest BCUT2D eigenvalue weighted by Crippen LogP contribution is -2.35. The first kappa shape index (κ1) is 13.0. The van der Waals surface area contributed by atoms with Crippen molar-refractivity contribution < 1.29 is 19.1 Å². The normalized spacial score (nSPS) is 17.4. The van der Waals surface area contributed by atoms with E-state index in [1.807, 2.05) is 0 Å². The molecule has 0 atom stereocenters. The zero-order valence-electron chi connectivity index (χ0n) is 10.1. The van der Waals surface area contributed by atoms with Gasteiger partial charge in [-0.05, 0) is 32.1 Å². The van der Waals surface area contributed by atoms with Gasteiger partial charge in [-0.15, -0.1) is 0 Å². The average molecular weight is 228 g/mol. The second-order valence-electron chi connectivity index (χ2n) is 4.32. The Labute approximate surface area is 96.3 Å². The number of ether oxygens (including phenoxy) is 2. The van der Waals surface area contributed by atoms with Crippen molar-refractivity contribution in [3.63, 3.8) is 0 Å². The maximum atomic E-state index is 11.4. The van der Waals surface area contributed by atoms with Gasteiger partial charge in [-0.1, -0.05) is 6.42 Å². The first-order chi connectivity index (χ1) is 7.62. The SMILES string of the molecule is CCOC(=O)CC1(CC(=O)OCC)CCC1. The molecule has 0 spiro atoms. The van der Waals surface area contributed by atoms with Gasteiger partial charge in [0.15, 0.2) is 0 Å². The maximum absolute atomic E-state index is 11.4. The van der Waals surface area contributed by atoms with Crippen molar-refractivity contribution in [1.29, 1.82) is 0 Å². The van der Waals surface area contributed by atoms with E-state index in [1.165, 1.54) is 0 Å². The smallest absolute Gasteiger partial charge is 0.306 e. The Bertz CT molecular complexity index is 234. The van der Waals surface area contributed by atoms with Crippen LogP contribution in [0.2, 0.25) is 0 Å². The molecule has 0 heterocycles. The van der Waals surface area contributed by atoms with Crippen LogP contribution in [0.1, 0.15) is 46.0 Å². The van der Waals surface area contributed by atoms with Crippen LogP contribution in [-0.2, 0) is 19.1 Å². The van der Waals surface area contributed by atoms with Crippen molar-refractivity contribution in [2.45, 2.75) is 46.0 Å². The molecule has 4 heteroatoms. The summed E-state index contributed by atoms with van der Waals surface area (Å²) in [5.74, 6) is -0.405. The van der Waals surface area contributed by atoms with Crippen LogP contribution in [0.4, 0.5) is 0 Å². The van der Waals surface area contributed by atoms with Gasteiger partial charge in [-0.3, -0.25) is 9.59 Å². The van der Waals surface area contributed by atoms with Gasteiger partial charge in [0.25, 0.3) is 0 Å².